The van der Waals surface area contributed by atoms with Crippen LogP contribution in [0.1, 0.15) is 40.0 Å². The summed E-state index contributed by atoms with van der Waals surface area (Å²) in [6.07, 6.45) is 3.71. The van der Waals surface area contributed by atoms with Gasteiger partial charge in [-0.25, -0.2) is 0 Å². The molecule has 0 aromatic carbocycles. The van der Waals surface area contributed by atoms with Gasteiger partial charge in [-0.2, -0.15) is 0 Å². The van der Waals surface area contributed by atoms with Crippen molar-refractivity contribution in [2.75, 3.05) is 0 Å². The molecule has 0 aromatic rings. The molecular weight excluding hydrogens is 204 g/mol. The number of aliphatic hydroxyl groups is 1. The molecule has 0 saturated heterocycles. The first-order valence-corrected chi connectivity index (χ1v) is 6.03. The number of aliphatic carboxylic acids is 1. The molecule has 0 amide bonds. The Kier molecular flexibility index (Phi) is 4.54. The first kappa shape index (κ1) is 13.2. The van der Waals surface area contributed by atoms with Gasteiger partial charge in [0.05, 0.1) is 12.0 Å². The van der Waals surface area contributed by atoms with E-state index in [2.05, 4.69) is 19.9 Å². The van der Waals surface area contributed by atoms with Crippen LogP contribution in [-0.2, 0) is 4.79 Å². The molecule has 0 heterocycles. The van der Waals surface area contributed by atoms with E-state index in [0.717, 1.165) is 12.8 Å². The van der Waals surface area contributed by atoms with Crippen LogP contribution in [-0.4, -0.2) is 22.3 Å². The summed E-state index contributed by atoms with van der Waals surface area (Å²) >= 11 is 0. The zero-order valence-electron chi connectivity index (χ0n) is 10.3. The lowest BCUT2D eigenvalue weighted by molar-refractivity contribution is -0.147. The lowest BCUT2D eigenvalue weighted by Gasteiger charge is -2.32. The molecule has 4 unspecified atom stereocenters. The number of hydrogen-bond acceptors (Lipinski definition) is 2. The number of carboxylic acids is 1. The van der Waals surface area contributed by atoms with Crippen LogP contribution in [0, 0.1) is 17.8 Å². The summed E-state index contributed by atoms with van der Waals surface area (Å²) < 4.78 is 0. The fourth-order valence-corrected chi connectivity index (χ4v) is 2.75. The third-order valence-corrected chi connectivity index (χ3v) is 3.48. The van der Waals surface area contributed by atoms with Crippen LogP contribution >= 0.6 is 0 Å². The molecular formula is C13H22O3. The molecule has 16 heavy (non-hydrogen) atoms. The van der Waals surface area contributed by atoms with Crippen molar-refractivity contribution in [2.45, 2.75) is 46.1 Å². The fraction of sp³-hybridized carbons (Fsp3) is 0.769. The fourth-order valence-electron chi connectivity index (χ4n) is 2.75. The van der Waals surface area contributed by atoms with Crippen LogP contribution in [0.25, 0.3) is 0 Å². The molecule has 0 aliphatic heterocycles. The Morgan fingerprint density at radius 1 is 1.62 bits per heavy atom. The van der Waals surface area contributed by atoms with E-state index in [1.807, 2.05) is 6.92 Å². The first-order valence-electron chi connectivity index (χ1n) is 6.03. The Morgan fingerprint density at radius 2 is 2.25 bits per heavy atom. The van der Waals surface area contributed by atoms with Crippen molar-refractivity contribution in [1.82, 2.24) is 0 Å². The van der Waals surface area contributed by atoms with Crippen molar-refractivity contribution < 1.29 is 15.0 Å². The van der Waals surface area contributed by atoms with Gasteiger partial charge in [0.15, 0.2) is 0 Å². The summed E-state index contributed by atoms with van der Waals surface area (Å²) in [5, 5.41) is 19.2. The molecule has 1 aliphatic carbocycles. The number of carbonyl (C=O) groups is 1. The maximum atomic E-state index is 11.0. The average molecular weight is 226 g/mol. The second-order valence-corrected chi connectivity index (χ2v) is 5.03. The topological polar surface area (TPSA) is 57.5 Å². The Bertz CT molecular complexity index is 283. The van der Waals surface area contributed by atoms with Crippen molar-refractivity contribution in [3.05, 3.63) is 11.6 Å². The van der Waals surface area contributed by atoms with Crippen molar-refractivity contribution in [3.63, 3.8) is 0 Å². The number of rotatable bonds is 4. The van der Waals surface area contributed by atoms with E-state index in [4.69, 9.17) is 5.11 Å². The molecule has 0 bridgehead atoms. The van der Waals surface area contributed by atoms with Gasteiger partial charge in [-0.15, -0.1) is 0 Å². The molecule has 2 N–H and O–H groups in total. The van der Waals surface area contributed by atoms with Crippen LogP contribution in [0.5, 0.6) is 0 Å². The molecule has 3 heteroatoms. The molecule has 1 aliphatic rings. The maximum Gasteiger partial charge on any atom is 0.309 e. The Balaban J connectivity index is 2.70. The Morgan fingerprint density at radius 3 is 2.69 bits per heavy atom. The van der Waals surface area contributed by atoms with Gasteiger partial charge in [-0.1, -0.05) is 25.5 Å². The number of allylic oxidation sites excluding steroid dienone is 2. The second kappa shape index (κ2) is 5.48. The zero-order valence-corrected chi connectivity index (χ0v) is 10.3. The van der Waals surface area contributed by atoms with Gasteiger partial charge in [0.2, 0.25) is 0 Å². The van der Waals surface area contributed by atoms with Gasteiger partial charge in [-0.05, 0) is 38.0 Å². The van der Waals surface area contributed by atoms with Crippen molar-refractivity contribution in [2.24, 2.45) is 17.8 Å². The number of hydrogen-bond donors (Lipinski definition) is 2. The molecule has 0 saturated carbocycles. The van der Waals surface area contributed by atoms with Crippen LogP contribution in [0.2, 0.25) is 0 Å². The highest BCUT2D eigenvalue weighted by molar-refractivity contribution is 5.70. The molecule has 3 nitrogen and oxygen atoms in total. The molecule has 0 fully saturated rings. The van der Waals surface area contributed by atoms with Crippen LogP contribution < -0.4 is 0 Å². The van der Waals surface area contributed by atoms with Crippen molar-refractivity contribution in [3.8, 4) is 0 Å². The molecule has 4 atom stereocenters. The summed E-state index contributed by atoms with van der Waals surface area (Å²) in [5.74, 6) is -0.960. The van der Waals surface area contributed by atoms with E-state index < -0.39 is 18.0 Å². The third kappa shape index (κ3) is 3.08. The number of carboxylic acid groups (broad SMARTS) is 1. The lowest BCUT2D eigenvalue weighted by atomic mass is 9.76. The van der Waals surface area contributed by atoms with E-state index >= 15 is 0 Å². The van der Waals surface area contributed by atoms with E-state index in [1.54, 1.807) is 0 Å². The van der Waals surface area contributed by atoms with Gasteiger partial charge in [0, 0.05) is 0 Å². The summed E-state index contributed by atoms with van der Waals surface area (Å²) in [4.78, 5) is 11.0. The SMILES string of the molecule is CCC(C(=O)O)C(O)C1CC(C)=CC(C)C1. The van der Waals surface area contributed by atoms with Crippen LogP contribution in [0.3, 0.4) is 0 Å². The minimum atomic E-state index is -0.880. The minimum absolute atomic E-state index is 0.0982. The summed E-state index contributed by atoms with van der Waals surface area (Å²) in [6, 6.07) is 0. The van der Waals surface area contributed by atoms with E-state index in [9.17, 15) is 9.90 Å². The zero-order chi connectivity index (χ0) is 12.3. The molecule has 0 radical (unpaired) electrons. The van der Waals surface area contributed by atoms with Gasteiger partial charge >= 0.3 is 5.97 Å². The van der Waals surface area contributed by atoms with Gasteiger partial charge in [0.1, 0.15) is 0 Å². The first-order chi connectivity index (χ1) is 7.45. The highest BCUT2D eigenvalue weighted by Gasteiger charge is 2.33. The van der Waals surface area contributed by atoms with Crippen molar-refractivity contribution >= 4 is 5.97 Å². The van der Waals surface area contributed by atoms with Gasteiger partial charge in [-0.3, -0.25) is 4.79 Å². The predicted molar refractivity (Wildman–Crippen MR) is 63.1 cm³/mol. The van der Waals surface area contributed by atoms with Gasteiger partial charge in [0.25, 0.3) is 0 Å². The molecule has 0 spiro atoms. The highest BCUT2D eigenvalue weighted by atomic mass is 16.4. The average Bonchev–Trinajstić information content (AvgIpc) is 2.16. The standard InChI is InChI=1S/C13H22O3/c1-4-11(13(15)16)12(14)10-6-8(2)5-9(3)7-10/h5,8,10-12,14H,4,6-7H2,1-3H3,(H,15,16). The second-order valence-electron chi connectivity index (χ2n) is 5.03. The monoisotopic (exact) mass is 226 g/mol. The highest BCUT2D eigenvalue weighted by Crippen LogP contribution is 2.33. The molecule has 1 rings (SSSR count). The normalized spacial score (nSPS) is 29.4. The van der Waals surface area contributed by atoms with Crippen molar-refractivity contribution in [1.29, 1.82) is 0 Å². The molecule has 0 aromatic heterocycles. The van der Waals surface area contributed by atoms with E-state index in [1.165, 1.54) is 5.57 Å². The largest absolute Gasteiger partial charge is 0.481 e. The lowest BCUT2D eigenvalue weighted by Crippen LogP contribution is -2.36. The molecule has 92 valence electrons. The minimum Gasteiger partial charge on any atom is -0.481 e. The van der Waals surface area contributed by atoms with Crippen LogP contribution in [0.15, 0.2) is 11.6 Å². The van der Waals surface area contributed by atoms with E-state index in [-0.39, 0.29) is 5.92 Å². The summed E-state index contributed by atoms with van der Waals surface area (Å²) in [6.45, 7) is 5.98. The van der Waals surface area contributed by atoms with Gasteiger partial charge < -0.3 is 10.2 Å². The maximum absolute atomic E-state index is 11.0. The number of aliphatic hydroxyl groups excluding tert-OH is 1. The Labute approximate surface area is 97.2 Å². The van der Waals surface area contributed by atoms with Crippen LogP contribution in [0.4, 0.5) is 0 Å². The smallest absolute Gasteiger partial charge is 0.309 e. The quantitative estimate of drug-likeness (QED) is 0.724. The Hall–Kier alpha value is -0.830. The third-order valence-electron chi connectivity index (χ3n) is 3.48. The summed E-state index contributed by atoms with van der Waals surface area (Å²) in [7, 11) is 0. The van der Waals surface area contributed by atoms with E-state index in [0.29, 0.717) is 12.3 Å². The predicted octanol–water partition coefficient (Wildman–Crippen LogP) is 2.45. The summed E-state index contributed by atoms with van der Waals surface area (Å²) in [5.41, 5.74) is 1.27.